The first-order chi connectivity index (χ1) is 8.40. The van der Waals surface area contributed by atoms with Gasteiger partial charge in [0.05, 0.1) is 6.54 Å². The zero-order chi connectivity index (χ0) is 13.6. The lowest BCUT2D eigenvalue weighted by Gasteiger charge is -2.20. The zero-order valence-corrected chi connectivity index (χ0v) is 12.4. The van der Waals surface area contributed by atoms with Crippen molar-refractivity contribution >= 4 is 17.7 Å². The van der Waals surface area contributed by atoms with Crippen LogP contribution < -0.4 is 10.6 Å². The van der Waals surface area contributed by atoms with Crippen molar-refractivity contribution in [3.8, 4) is 0 Å². The van der Waals surface area contributed by atoms with Crippen molar-refractivity contribution in [2.75, 3.05) is 12.8 Å². The van der Waals surface area contributed by atoms with Crippen molar-refractivity contribution in [2.24, 2.45) is 0 Å². The van der Waals surface area contributed by atoms with E-state index in [0.29, 0.717) is 13.1 Å². The lowest BCUT2D eigenvalue weighted by atomic mass is 10.1. The maximum Gasteiger partial charge on any atom is 0.234 e. The van der Waals surface area contributed by atoms with Crippen LogP contribution in [0.1, 0.15) is 26.3 Å². The Labute approximate surface area is 114 Å². The van der Waals surface area contributed by atoms with Gasteiger partial charge in [-0.1, -0.05) is 12.1 Å². The van der Waals surface area contributed by atoms with Gasteiger partial charge in [-0.3, -0.25) is 4.79 Å². The second-order valence-electron chi connectivity index (χ2n) is 5.25. The highest BCUT2D eigenvalue weighted by atomic mass is 32.2. The molecule has 1 amide bonds. The first-order valence-corrected chi connectivity index (χ1v) is 7.28. The molecule has 0 saturated carbocycles. The Bertz CT molecular complexity index is 382. The Morgan fingerprint density at radius 1 is 1.22 bits per heavy atom. The Morgan fingerprint density at radius 3 is 2.33 bits per heavy atom. The maximum atomic E-state index is 11.6. The molecule has 0 aliphatic carbocycles. The summed E-state index contributed by atoms with van der Waals surface area (Å²) >= 11 is 1.73. The minimum atomic E-state index is -0.168. The van der Waals surface area contributed by atoms with E-state index in [4.69, 9.17) is 0 Å². The lowest BCUT2D eigenvalue weighted by molar-refractivity contribution is -0.121. The average molecular weight is 266 g/mol. The standard InChI is InChI=1S/C14H22N2OS/c1-14(2,3)16-13(17)10-15-9-11-5-7-12(18-4)8-6-11/h5-8,15H,9-10H2,1-4H3,(H,16,17). The van der Waals surface area contributed by atoms with E-state index in [1.54, 1.807) is 11.8 Å². The summed E-state index contributed by atoms with van der Waals surface area (Å²) < 4.78 is 0. The molecule has 0 fully saturated rings. The second kappa shape index (κ2) is 6.81. The van der Waals surface area contributed by atoms with E-state index in [-0.39, 0.29) is 11.4 Å². The van der Waals surface area contributed by atoms with E-state index < -0.39 is 0 Å². The van der Waals surface area contributed by atoms with E-state index in [9.17, 15) is 4.79 Å². The van der Waals surface area contributed by atoms with Crippen LogP contribution in [0.3, 0.4) is 0 Å². The topological polar surface area (TPSA) is 41.1 Å². The first kappa shape index (κ1) is 15.1. The highest BCUT2D eigenvalue weighted by molar-refractivity contribution is 7.98. The molecule has 0 radical (unpaired) electrons. The molecule has 18 heavy (non-hydrogen) atoms. The van der Waals surface area contributed by atoms with Gasteiger partial charge in [0.25, 0.3) is 0 Å². The Morgan fingerprint density at radius 2 is 1.83 bits per heavy atom. The molecule has 0 heterocycles. The van der Waals surface area contributed by atoms with Crippen molar-refractivity contribution in [2.45, 2.75) is 37.8 Å². The number of amides is 1. The Hall–Kier alpha value is -1.00. The number of carbonyl (C=O) groups is 1. The molecule has 1 rings (SSSR count). The van der Waals surface area contributed by atoms with Crippen LogP contribution in [0.5, 0.6) is 0 Å². The van der Waals surface area contributed by atoms with E-state index in [2.05, 4.69) is 41.2 Å². The van der Waals surface area contributed by atoms with Gasteiger partial charge in [0, 0.05) is 17.0 Å². The number of thioether (sulfide) groups is 1. The predicted octanol–water partition coefficient (Wildman–Crippen LogP) is 2.41. The van der Waals surface area contributed by atoms with Gasteiger partial charge in [0.2, 0.25) is 5.91 Å². The van der Waals surface area contributed by atoms with Gasteiger partial charge < -0.3 is 10.6 Å². The number of nitrogens with one attached hydrogen (secondary N) is 2. The average Bonchev–Trinajstić information content (AvgIpc) is 2.27. The first-order valence-electron chi connectivity index (χ1n) is 6.05. The molecule has 1 aromatic carbocycles. The third-order valence-corrected chi connectivity index (χ3v) is 3.03. The number of benzene rings is 1. The fourth-order valence-corrected chi connectivity index (χ4v) is 1.93. The fourth-order valence-electron chi connectivity index (χ4n) is 1.53. The van der Waals surface area contributed by atoms with Gasteiger partial charge in [-0.05, 0) is 44.7 Å². The Kier molecular flexibility index (Phi) is 5.69. The van der Waals surface area contributed by atoms with Gasteiger partial charge in [-0.25, -0.2) is 0 Å². The van der Waals surface area contributed by atoms with Crippen LogP contribution in [0.15, 0.2) is 29.2 Å². The van der Waals surface area contributed by atoms with Gasteiger partial charge in [0.15, 0.2) is 0 Å². The molecule has 0 bridgehead atoms. The van der Waals surface area contributed by atoms with Crippen molar-refractivity contribution in [3.63, 3.8) is 0 Å². The van der Waals surface area contributed by atoms with E-state index >= 15 is 0 Å². The molecule has 100 valence electrons. The van der Waals surface area contributed by atoms with Crippen LogP contribution in [0.2, 0.25) is 0 Å². The maximum absolute atomic E-state index is 11.6. The molecule has 0 atom stereocenters. The predicted molar refractivity (Wildman–Crippen MR) is 77.8 cm³/mol. The molecule has 0 aromatic heterocycles. The van der Waals surface area contributed by atoms with Crippen LogP contribution in [-0.2, 0) is 11.3 Å². The summed E-state index contributed by atoms with van der Waals surface area (Å²) in [6.45, 7) is 7.00. The third-order valence-electron chi connectivity index (χ3n) is 2.29. The molecule has 0 aliphatic rings. The monoisotopic (exact) mass is 266 g/mol. The van der Waals surface area contributed by atoms with Crippen molar-refractivity contribution in [3.05, 3.63) is 29.8 Å². The molecule has 0 aliphatic heterocycles. The van der Waals surface area contributed by atoms with E-state index in [0.717, 1.165) is 0 Å². The third kappa shape index (κ3) is 6.07. The summed E-state index contributed by atoms with van der Waals surface area (Å²) in [5.74, 6) is 0.0308. The van der Waals surface area contributed by atoms with Gasteiger partial charge in [-0.2, -0.15) is 0 Å². The van der Waals surface area contributed by atoms with Crippen molar-refractivity contribution in [1.29, 1.82) is 0 Å². The number of hydrogen-bond donors (Lipinski definition) is 2. The smallest absolute Gasteiger partial charge is 0.234 e. The lowest BCUT2D eigenvalue weighted by Crippen LogP contribution is -2.44. The Balaban J connectivity index is 2.30. The fraction of sp³-hybridized carbons (Fsp3) is 0.500. The van der Waals surface area contributed by atoms with Crippen molar-refractivity contribution < 1.29 is 4.79 Å². The molecule has 0 spiro atoms. The normalized spacial score (nSPS) is 11.3. The molecular formula is C14H22N2OS. The van der Waals surface area contributed by atoms with Gasteiger partial charge >= 0.3 is 0 Å². The molecule has 2 N–H and O–H groups in total. The molecule has 4 heteroatoms. The minimum absolute atomic E-state index is 0.0308. The van der Waals surface area contributed by atoms with E-state index in [1.165, 1.54) is 10.5 Å². The number of hydrogen-bond acceptors (Lipinski definition) is 3. The summed E-state index contributed by atoms with van der Waals surface area (Å²) in [6.07, 6.45) is 2.06. The van der Waals surface area contributed by atoms with E-state index in [1.807, 2.05) is 20.8 Å². The van der Waals surface area contributed by atoms with Crippen LogP contribution in [0, 0.1) is 0 Å². The summed E-state index contributed by atoms with van der Waals surface area (Å²) in [5.41, 5.74) is 1.02. The summed E-state index contributed by atoms with van der Waals surface area (Å²) in [5, 5.41) is 6.06. The van der Waals surface area contributed by atoms with Crippen LogP contribution in [0.4, 0.5) is 0 Å². The number of carbonyl (C=O) groups excluding carboxylic acids is 1. The highest BCUT2D eigenvalue weighted by Crippen LogP contribution is 2.14. The summed E-state index contributed by atoms with van der Waals surface area (Å²) in [6, 6.07) is 8.36. The summed E-state index contributed by atoms with van der Waals surface area (Å²) in [7, 11) is 0. The molecular weight excluding hydrogens is 244 g/mol. The SMILES string of the molecule is CSc1ccc(CNCC(=O)NC(C)(C)C)cc1. The number of rotatable bonds is 5. The van der Waals surface area contributed by atoms with Gasteiger partial charge in [0.1, 0.15) is 0 Å². The van der Waals surface area contributed by atoms with Gasteiger partial charge in [-0.15, -0.1) is 11.8 Å². The molecule has 0 unspecified atom stereocenters. The second-order valence-corrected chi connectivity index (χ2v) is 6.13. The molecule has 1 aromatic rings. The van der Waals surface area contributed by atoms with Crippen LogP contribution in [-0.4, -0.2) is 24.2 Å². The quantitative estimate of drug-likeness (QED) is 0.804. The van der Waals surface area contributed by atoms with Crippen molar-refractivity contribution in [1.82, 2.24) is 10.6 Å². The largest absolute Gasteiger partial charge is 0.350 e. The summed E-state index contributed by atoms with van der Waals surface area (Å²) in [4.78, 5) is 12.8. The highest BCUT2D eigenvalue weighted by Gasteiger charge is 2.12. The van der Waals surface area contributed by atoms with Crippen LogP contribution >= 0.6 is 11.8 Å². The molecule has 0 saturated heterocycles. The zero-order valence-electron chi connectivity index (χ0n) is 11.5. The molecule has 3 nitrogen and oxygen atoms in total. The van der Waals surface area contributed by atoms with Crippen LogP contribution in [0.25, 0.3) is 0 Å². The minimum Gasteiger partial charge on any atom is -0.350 e.